The second-order valence-electron chi connectivity index (χ2n) is 7.16. The maximum atomic E-state index is 12.8. The van der Waals surface area contributed by atoms with E-state index in [1.165, 1.54) is 11.0 Å². The Morgan fingerprint density at radius 3 is 2.68 bits per heavy atom. The summed E-state index contributed by atoms with van der Waals surface area (Å²) in [5.74, 6) is -0.340. The number of methoxy groups -OCH3 is 1. The van der Waals surface area contributed by atoms with Crippen LogP contribution in [0.1, 0.15) is 17.5 Å². The fourth-order valence-corrected chi connectivity index (χ4v) is 3.40. The van der Waals surface area contributed by atoms with Crippen LogP contribution in [0, 0.1) is 6.92 Å². The van der Waals surface area contributed by atoms with E-state index in [0.29, 0.717) is 23.8 Å². The maximum Gasteiger partial charge on any atom is 0.247 e. The molecule has 0 saturated carbocycles. The Morgan fingerprint density at radius 1 is 1.26 bits per heavy atom. The first-order valence-electron chi connectivity index (χ1n) is 9.84. The molecule has 31 heavy (non-hydrogen) atoms. The summed E-state index contributed by atoms with van der Waals surface area (Å²) < 4.78 is 5.12. The molecule has 2 aromatic rings. The minimum atomic E-state index is -0.886. The van der Waals surface area contributed by atoms with Crippen molar-refractivity contribution in [2.45, 2.75) is 19.4 Å². The van der Waals surface area contributed by atoms with Crippen LogP contribution in [0.5, 0.6) is 5.75 Å². The number of carbonyl (C=O) groups is 3. The third-order valence-corrected chi connectivity index (χ3v) is 5.39. The van der Waals surface area contributed by atoms with Crippen LogP contribution < -0.4 is 15.4 Å². The molecule has 0 spiro atoms. The normalized spacial score (nSPS) is 16.2. The number of nitrogens with one attached hydrogen (secondary N) is 2. The zero-order chi connectivity index (χ0) is 22.4. The van der Waals surface area contributed by atoms with Gasteiger partial charge in [-0.15, -0.1) is 0 Å². The molecule has 0 aliphatic carbocycles. The summed E-state index contributed by atoms with van der Waals surface area (Å²) in [4.78, 5) is 39.1. The van der Waals surface area contributed by atoms with Gasteiger partial charge in [0.25, 0.3) is 0 Å². The van der Waals surface area contributed by atoms with Gasteiger partial charge in [-0.2, -0.15) is 0 Å². The molecule has 1 atom stereocenters. The highest BCUT2D eigenvalue weighted by Gasteiger charge is 2.33. The van der Waals surface area contributed by atoms with Crippen LogP contribution in [0.25, 0.3) is 6.08 Å². The van der Waals surface area contributed by atoms with E-state index < -0.39 is 6.04 Å². The van der Waals surface area contributed by atoms with Crippen molar-refractivity contribution in [2.75, 3.05) is 25.5 Å². The molecule has 8 heteroatoms. The molecule has 162 valence electrons. The summed E-state index contributed by atoms with van der Waals surface area (Å²) in [5.41, 5.74) is 2.25. The number of amides is 3. The molecule has 2 N–H and O–H groups in total. The molecule has 3 amide bonds. The molecule has 1 aliphatic rings. The van der Waals surface area contributed by atoms with E-state index in [4.69, 9.17) is 16.3 Å². The van der Waals surface area contributed by atoms with Gasteiger partial charge in [-0.1, -0.05) is 29.8 Å². The molecule has 1 aliphatic heterocycles. The number of anilines is 1. The van der Waals surface area contributed by atoms with Crippen LogP contribution in [-0.2, 0) is 14.4 Å². The molecule has 0 unspecified atom stereocenters. The Balaban J connectivity index is 1.67. The van der Waals surface area contributed by atoms with Crippen molar-refractivity contribution in [3.63, 3.8) is 0 Å². The fraction of sp³-hybridized carbons (Fsp3) is 0.261. The summed E-state index contributed by atoms with van der Waals surface area (Å²) >= 11 is 6.10. The quantitative estimate of drug-likeness (QED) is 0.674. The Labute approximate surface area is 186 Å². The fourth-order valence-electron chi connectivity index (χ4n) is 3.22. The van der Waals surface area contributed by atoms with Crippen LogP contribution in [0.3, 0.4) is 0 Å². The zero-order valence-corrected chi connectivity index (χ0v) is 18.1. The monoisotopic (exact) mass is 441 g/mol. The van der Waals surface area contributed by atoms with Gasteiger partial charge in [-0.25, -0.2) is 0 Å². The van der Waals surface area contributed by atoms with Crippen molar-refractivity contribution < 1.29 is 19.1 Å². The summed E-state index contributed by atoms with van der Waals surface area (Å²) in [6.07, 6.45) is 2.92. The van der Waals surface area contributed by atoms with Crippen LogP contribution in [0.4, 0.5) is 5.69 Å². The van der Waals surface area contributed by atoms with Gasteiger partial charge in [0.15, 0.2) is 0 Å². The zero-order valence-electron chi connectivity index (χ0n) is 17.4. The van der Waals surface area contributed by atoms with Crippen molar-refractivity contribution in [3.8, 4) is 5.75 Å². The molecule has 1 fully saturated rings. The number of halogens is 1. The number of carbonyl (C=O) groups excluding carboxylic acids is 3. The van der Waals surface area contributed by atoms with Crippen LogP contribution in [-0.4, -0.2) is 48.9 Å². The first kappa shape index (κ1) is 22.4. The predicted molar refractivity (Wildman–Crippen MR) is 120 cm³/mol. The Morgan fingerprint density at radius 2 is 2.00 bits per heavy atom. The van der Waals surface area contributed by atoms with Gasteiger partial charge in [0.1, 0.15) is 11.8 Å². The standard InChI is InChI=1S/C23H24ClN3O4/c1-15-3-7-17(13-19(15)24)26-21(28)14-20-23(30)25-11-12-27(20)22(29)10-6-16-4-8-18(31-2)9-5-16/h3-10,13,20H,11-12,14H2,1-2H3,(H,25,30)(H,26,28)/b10-6+/t20-/m1/s1. The number of rotatable bonds is 6. The first-order chi connectivity index (χ1) is 14.9. The SMILES string of the molecule is COc1ccc(/C=C/C(=O)N2CCNC(=O)[C@H]2CC(=O)Nc2ccc(C)c(Cl)c2)cc1. The summed E-state index contributed by atoms with van der Waals surface area (Å²) in [7, 11) is 1.58. The van der Waals surface area contributed by atoms with Gasteiger partial charge < -0.3 is 20.3 Å². The third kappa shape index (κ3) is 5.86. The van der Waals surface area contributed by atoms with Gasteiger partial charge in [-0.3, -0.25) is 14.4 Å². The molecule has 0 aromatic heterocycles. The molecular formula is C23H24ClN3O4. The predicted octanol–water partition coefficient (Wildman–Crippen LogP) is 3.03. The number of hydrogen-bond donors (Lipinski definition) is 2. The maximum absolute atomic E-state index is 12.8. The molecule has 2 aromatic carbocycles. The van der Waals surface area contributed by atoms with Crippen molar-refractivity contribution in [1.29, 1.82) is 0 Å². The van der Waals surface area contributed by atoms with E-state index >= 15 is 0 Å². The summed E-state index contributed by atoms with van der Waals surface area (Å²) in [5, 5.41) is 5.99. The second kappa shape index (κ2) is 10.1. The van der Waals surface area contributed by atoms with E-state index in [1.807, 2.05) is 19.1 Å². The lowest BCUT2D eigenvalue weighted by molar-refractivity contribution is -0.141. The van der Waals surface area contributed by atoms with E-state index in [2.05, 4.69) is 10.6 Å². The van der Waals surface area contributed by atoms with E-state index in [0.717, 1.165) is 16.9 Å². The highest BCUT2D eigenvalue weighted by molar-refractivity contribution is 6.31. The van der Waals surface area contributed by atoms with E-state index in [-0.39, 0.29) is 24.1 Å². The Kier molecular flexibility index (Phi) is 7.31. The smallest absolute Gasteiger partial charge is 0.247 e. The van der Waals surface area contributed by atoms with Crippen LogP contribution in [0.2, 0.25) is 5.02 Å². The van der Waals surface area contributed by atoms with Crippen molar-refractivity contribution in [3.05, 3.63) is 64.7 Å². The van der Waals surface area contributed by atoms with Crippen molar-refractivity contribution in [2.24, 2.45) is 0 Å². The number of ether oxygens (including phenoxy) is 1. The van der Waals surface area contributed by atoms with Gasteiger partial charge in [-0.05, 0) is 48.4 Å². The first-order valence-corrected chi connectivity index (χ1v) is 10.2. The summed E-state index contributed by atoms with van der Waals surface area (Å²) in [6, 6.07) is 11.5. The van der Waals surface area contributed by atoms with Crippen LogP contribution in [0.15, 0.2) is 48.5 Å². The number of hydrogen-bond acceptors (Lipinski definition) is 4. The van der Waals surface area contributed by atoms with E-state index in [9.17, 15) is 14.4 Å². The lowest BCUT2D eigenvalue weighted by Gasteiger charge is -2.34. The molecular weight excluding hydrogens is 418 g/mol. The van der Waals surface area contributed by atoms with Crippen molar-refractivity contribution >= 4 is 41.1 Å². The average Bonchev–Trinajstić information content (AvgIpc) is 2.76. The molecule has 0 radical (unpaired) electrons. The second-order valence-corrected chi connectivity index (χ2v) is 7.57. The topological polar surface area (TPSA) is 87.7 Å². The summed E-state index contributed by atoms with van der Waals surface area (Å²) in [6.45, 7) is 2.53. The van der Waals surface area contributed by atoms with Gasteiger partial charge in [0.2, 0.25) is 17.7 Å². The van der Waals surface area contributed by atoms with Crippen molar-refractivity contribution in [1.82, 2.24) is 10.2 Å². The Hall–Kier alpha value is -3.32. The van der Waals surface area contributed by atoms with Crippen LogP contribution >= 0.6 is 11.6 Å². The highest BCUT2D eigenvalue weighted by atomic mass is 35.5. The molecule has 1 heterocycles. The minimum absolute atomic E-state index is 0.153. The molecule has 1 saturated heterocycles. The lowest BCUT2D eigenvalue weighted by atomic mass is 10.1. The molecule has 3 rings (SSSR count). The number of nitrogens with zero attached hydrogens (tertiary/aromatic N) is 1. The number of piperazine rings is 1. The molecule has 0 bridgehead atoms. The highest BCUT2D eigenvalue weighted by Crippen LogP contribution is 2.21. The van der Waals surface area contributed by atoms with Gasteiger partial charge in [0.05, 0.1) is 13.5 Å². The number of benzene rings is 2. The average molecular weight is 442 g/mol. The lowest BCUT2D eigenvalue weighted by Crippen LogP contribution is -2.57. The Bertz CT molecular complexity index is 1000. The minimum Gasteiger partial charge on any atom is -0.497 e. The molecule has 7 nitrogen and oxygen atoms in total. The van der Waals surface area contributed by atoms with E-state index in [1.54, 1.807) is 43.5 Å². The third-order valence-electron chi connectivity index (χ3n) is 4.98. The largest absolute Gasteiger partial charge is 0.497 e. The van der Waals surface area contributed by atoms with Gasteiger partial charge >= 0.3 is 0 Å². The number of aryl methyl sites for hydroxylation is 1. The van der Waals surface area contributed by atoms with Gasteiger partial charge in [0, 0.05) is 29.9 Å².